The van der Waals surface area contributed by atoms with E-state index in [1.807, 2.05) is 32.9 Å². The van der Waals surface area contributed by atoms with E-state index in [4.69, 9.17) is 4.74 Å². The zero-order valence-corrected chi connectivity index (χ0v) is 17.0. The molecule has 1 aliphatic heterocycles. The summed E-state index contributed by atoms with van der Waals surface area (Å²) < 4.78 is 5.59. The Kier molecular flexibility index (Phi) is 6.11. The summed E-state index contributed by atoms with van der Waals surface area (Å²) in [6.45, 7) is 8.89. The summed E-state index contributed by atoms with van der Waals surface area (Å²) in [6.07, 6.45) is 5.48. The lowest BCUT2D eigenvalue weighted by Gasteiger charge is -2.42. The lowest BCUT2D eigenvalue weighted by atomic mass is 9.76. The molecule has 1 spiro atoms. The molecule has 5 heteroatoms. The van der Waals surface area contributed by atoms with E-state index in [0.717, 1.165) is 45.3 Å². The molecule has 3 rings (SSSR count). The van der Waals surface area contributed by atoms with Gasteiger partial charge in [0.2, 0.25) is 0 Å². The average Bonchev–Trinajstić information content (AvgIpc) is 2.93. The van der Waals surface area contributed by atoms with Crippen LogP contribution in [0, 0.1) is 5.41 Å². The summed E-state index contributed by atoms with van der Waals surface area (Å²) in [7, 11) is 0. The zero-order valence-electron chi connectivity index (χ0n) is 17.0. The molecule has 2 atom stereocenters. The van der Waals surface area contributed by atoms with Gasteiger partial charge in [-0.25, -0.2) is 0 Å². The van der Waals surface area contributed by atoms with Crippen LogP contribution in [0.1, 0.15) is 58.4 Å². The highest BCUT2D eigenvalue weighted by Gasteiger charge is 2.44. The number of nitrogens with zero attached hydrogens (tertiary/aromatic N) is 1. The van der Waals surface area contributed by atoms with Crippen molar-refractivity contribution in [3.63, 3.8) is 0 Å². The van der Waals surface area contributed by atoms with E-state index in [1.165, 1.54) is 12.0 Å². The quantitative estimate of drug-likeness (QED) is 0.831. The molecule has 2 aliphatic rings. The molecule has 1 amide bonds. The lowest BCUT2D eigenvalue weighted by molar-refractivity contribution is -0.124. The molecule has 0 unspecified atom stereocenters. The largest absolute Gasteiger partial charge is 0.484 e. The third kappa shape index (κ3) is 5.45. The summed E-state index contributed by atoms with van der Waals surface area (Å²) in [6, 6.07) is 8.01. The molecule has 1 aromatic rings. The van der Waals surface area contributed by atoms with Gasteiger partial charge in [-0.3, -0.25) is 9.69 Å². The summed E-state index contributed by atoms with van der Waals surface area (Å²) in [5, 5.41) is 13.3. The van der Waals surface area contributed by atoms with E-state index in [0.29, 0.717) is 5.75 Å². The maximum atomic E-state index is 11.8. The Bertz CT molecular complexity index is 638. The van der Waals surface area contributed by atoms with E-state index in [9.17, 15) is 9.90 Å². The summed E-state index contributed by atoms with van der Waals surface area (Å²) in [5.41, 5.74) is 1.12. The number of hydrogen-bond acceptors (Lipinski definition) is 4. The first-order valence-electron chi connectivity index (χ1n) is 10.2. The van der Waals surface area contributed by atoms with Crippen LogP contribution in [0.25, 0.3) is 0 Å². The predicted octanol–water partition coefficient (Wildman–Crippen LogP) is 3.11. The highest BCUT2D eigenvalue weighted by Crippen LogP contribution is 2.45. The van der Waals surface area contributed by atoms with Crippen molar-refractivity contribution in [3.05, 3.63) is 29.8 Å². The fraction of sp³-hybridized carbons (Fsp3) is 0.682. The van der Waals surface area contributed by atoms with Gasteiger partial charge in [0.1, 0.15) is 5.75 Å². The zero-order chi connectivity index (χ0) is 19.5. The molecule has 0 aromatic heterocycles. The first-order chi connectivity index (χ1) is 12.8. The number of piperidine rings is 1. The van der Waals surface area contributed by atoms with Crippen molar-refractivity contribution >= 4 is 5.91 Å². The molecule has 27 heavy (non-hydrogen) atoms. The van der Waals surface area contributed by atoms with Gasteiger partial charge in [-0.15, -0.1) is 0 Å². The second-order valence-corrected chi connectivity index (χ2v) is 9.32. The van der Waals surface area contributed by atoms with Crippen molar-refractivity contribution in [2.45, 2.75) is 71.1 Å². The van der Waals surface area contributed by atoms with Gasteiger partial charge in [-0.2, -0.15) is 0 Å². The van der Waals surface area contributed by atoms with E-state index in [-0.39, 0.29) is 29.6 Å². The second kappa shape index (κ2) is 8.19. The van der Waals surface area contributed by atoms with Gasteiger partial charge in [0.05, 0.1) is 6.10 Å². The van der Waals surface area contributed by atoms with Crippen LogP contribution in [0.2, 0.25) is 0 Å². The Morgan fingerprint density at radius 1 is 1.26 bits per heavy atom. The van der Waals surface area contributed by atoms with Crippen molar-refractivity contribution in [1.29, 1.82) is 0 Å². The van der Waals surface area contributed by atoms with E-state index >= 15 is 0 Å². The summed E-state index contributed by atoms with van der Waals surface area (Å²) in [5.74, 6) is 0.601. The SMILES string of the molecule is CC(C)(C)NC(=O)COc1ccc(CN2CCC[C@@]3(CCC[C@H]3O)C2)cc1. The molecule has 0 radical (unpaired) electrons. The van der Waals surface area contributed by atoms with Crippen LogP contribution in [-0.4, -0.2) is 47.3 Å². The molecule has 0 bridgehead atoms. The van der Waals surface area contributed by atoms with Gasteiger partial charge >= 0.3 is 0 Å². The number of aliphatic hydroxyl groups excluding tert-OH is 1. The first-order valence-corrected chi connectivity index (χ1v) is 10.2. The third-order valence-corrected chi connectivity index (χ3v) is 5.76. The van der Waals surface area contributed by atoms with Crippen LogP contribution in [0.4, 0.5) is 0 Å². The lowest BCUT2D eigenvalue weighted by Crippen LogP contribution is -2.46. The molecule has 1 aliphatic carbocycles. The van der Waals surface area contributed by atoms with Gasteiger partial charge < -0.3 is 15.2 Å². The van der Waals surface area contributed by atoms with Crippen molar-refractivity contribution in [2.75, 3.05) is 19.7 Å². The van der Waals surface area contributed by atoms with Gasteiger partial charge in [0, 0.05) is 24.0 Å². The van der Waals surface area contributed by atoms with Crippen molar-refractivity contribution in [1.82, 2.24) is 10.2 Å². The van der Waals surface area contributed by atoms with Crippen LogP contribution in [-0.2, 0) is 11.3 Å². The number of carbonyl (C=O) groups is 1. The fourth-order valence-corrected chi connectivity index (χ4v) is 4.54. The number of aliphatic hydroxyl groups is 1. The highest BCUT2D eigenvalue weighted by atomic mass is 16.5. The Morgan fingerprint density at radius 2 is 1.96 bits per heavy atom. The normalized spacial score (nSPS) is 26.3. The van der Waals surface area contributed by atoms with E-state index < -0.39 is 0 Å². The minimum absolute atomic E-state index is 0.0309. The Morgan fingerprint density at radius 3 is 2.59 bits per heavy atom. The van der Waals surface area contributed by atoms with Crippen molar-refractivity contribution < 1.29 is 14.6 Å². The summed E-state index contributed by atoms with van der Waals surface area (Å²) in [4.78, 5) is 14.3. The molecule has 5 nitrogen and oxygen atoms in total. The number of benzene rings is 1. The van der Waals surface area contributed by atoms with Crippen molar-refractivity contribution in [3.8, 4) is 5.75 Å². The molecule has 2 N–H and O–H groups in total. The third-order valence-electron chi connectivity index (χ3n) is 5.76. The minimum Gasteiger partial charge on any atom is -0.484 e. The summed E-state index contributed by atoms with van der Waals surface area (Å²) >= 11 is 0. The van der Waals surface area contributed by atoms with Crippen LogP contribution in [0.3, 0.4) is 0 Å². The monoisotopic (exact) mass is 374 g/mol. The Hall–Kier alpha value is -1.59. The standard InChI is InChI=1S/C22H34N2O3/c1-21(2,3)23-20(26)15-27-18-9-7-17(8-10-18)14-24-13-5-12-22(16-24)11-4-6-19(22)25/h7-10,19,25H,4-6,11-16H2,1-3H3,(H,23,26)/t19-,22+/m1/s1. The number of likely N-dealkylation sites (tertiary alicyclic amines) is 1. The number of ether oxygens (including phenoxy) is 1. The molecule has 1 heterocycles. The van der Waals surface area contributed by atoms with Crippen LogP contribution >= 0.6 is 0 Å². The predicted molar refractivity (Wildman–Crippen MR) is 107 cm³/mol. The smallest absolute Gasteiger partial charge is 0.258 e. The van der Waals surface area contributed by atoms with Crippen molar-refractivity contribution in [2.24, 2.45) is 5.41 Å². The maximum Gasteiger partial charge on any atom is 0.258 e. The van der Waals surface area contributed by atoms with Crippen LogP contribution < -0.4 is 10.1 Å². The van der Waals surface area contributed by atoms with Gasteiger partial charge in [-0.05, 0) is 70.7 Å². The fourth-order valence-electron chi connectivity index (χ4n) is 4.54. The molecule has 1 saturated heterocycles. The molecular weight excluding hydrogens is 340 g/mol. The Labute approximate surface area is 163 Å². The van der Waals surface area contributed by atoms with Crippen LogP contribution in [0.15, 0.2) is 24.3 Å². The molecule has 1 aromatic carbocycles. The topological polar surface area (TPSA) is 61.8 Å². The van der Waals surface area contributed by atoms with Gasteiger partial charge in [0.25, 0.3) is 5.91 Å². The van der Waals surface area contributed by atoms with Crippen LogP contribution in [0.5, 0.6) is 5.75 Å². The Balaban J connectivity index is 1.50. The first kappa shape index (κ1) is 20.2. The van der Waals surface area contributed by atoms with E-state index in [2.05, 4.69) is 22.3 Å². The maximum absolute atomic E-state index is 11.8. The number of rotatable bonds is 5. The minimum atomic E-state index is -0.247. The number of nitrogens with one attached hydrogen (secondary N) is 1. The number of hydrogen-bond donors (Lipinski definition) is 2. The molecule has 2 fully saturated rings. The number of carbonyl (C=O) groups excluding carboxylic acids is 1. The number of amides is 1. The highest BCUT2D eigenvalue weighted by molar-refractivity contribution is 5.78. The van der Waals surface area contributed by atoms with E-state index in [1.54, 1.807) is 0 Å². The van der Waals surface area contributed by atoms with Gasteiger partial charge in [0.15, 0.2) is 6.61 Å². The van der Waals surface area contributed by atoms with Gasteiger partial charge in [-0.1, -0.05) is 18.6 Å². The molecule has 1 saturated carbocycles. The molecular formula is C22H34N2O3. The second-order valence-electron chi connectivity index (χ2n) is 9.32. The molecule has 150 valence electrons. The average molecular weight is 375 g/mol.